The van der Waals surface area contributed by atoms with Crippen molar-refractivity contribution in [3.63, 3.8) is 0 Å². The first-order valence-electron chi connectivity index (χ1n) is 7.81. The number of rotatable bonds is 5. The number of amides is 1. The van der Waals surface area contributed by atoms with Crippen molar-refractivity contribution in [1.82, 2.24) is 19.6 Å². The molecule has 0 bridgehead atoms. The van der Waals surface area contributed by atoms with E-state index >= 15 is 0 Å². The third kappa shape index (κ3) is 2.84. The Morgan fingerprint density at radius 1 is 1.25 bits per heavy atom. The second kappa shape index (κ2) is 6.35. The van der Waals surface area contributed by atoms with Crippen LogP contribution >= 0.6 is 0 Å². The molecule has 3 aromatic rings. The van der Waals surface area contributed by atoms with Gasteiger partial charge in [0.15, 0.2) is 0 Å². The third-order valence-electron chi connectivity index (χ3n) is 4.26. The summed E-state index contributed by atoms with van der Waals surface area (Å²) in [5, 5.41) is 6.71. The maximum absolute atomic E-state index is 12.3. The SMILES string of the molecule is Cc1noc(C)c1CNC(=O)CCn1c(=O)n(C)c2ccccc21. The number of hydrogen-bond acceptors (Lipinski definition) is 4. The molecule has 3 rings (SSSR count). The summed E-state index contributed by atoms with van der Waals surface area (Å²) in [6.07, 6.45) is 0.233. The lowest BCUT2D eigenvalue weighted by Crippen LogP contribution is -2.28. The molecule has 0 saturated carbocycles. The molecule has 0 unspecified atom stereocenters. The Labute approximate surface area is 138 Å². The molecule has 0 radical (unpaired) electrons. The van der Waals surface area contributed by atoms with E-state index in [4.69, 9.17) is 4.52 Å². The molecular formula is C17H20N4O3. The summed E-state index contributed by atoms with van der Waals surface area (Å²) in [6.45, 7) is 4.38. The number of nitrogens with one attached hydrogen (secondary N) is 1. The third-order valence-corrected chi connectivity index (χ3v) is 4.26. The summed E-state index contributed by atoms with van der Waals surface area (Å²) in [5.41, 5.74) is 3.25. The quantitative estimate of drug-likeness (QED) is 0.772. The second-order valence-electron chi connectivity index (χ2n) is 5.81. The molecule has 1 N–H and O–H groups in total. The minimum atomic E-state index is -0.116. The van der Waals surface area contributed by atoms with E-state index in [2.05, 4.69) is 10.5 Å². The number of benzene rings is 1. The monoisotopic (exact) mass is 328 g/mol. The lowest BCUT2D eigenvalue weighted by molar-refractivity contribution is -0.121. The van der Waals surface area contributed by atoms with Gasteiger partial charge in [-0.05, 0) is 26.0 Å². The van der Waals surface area contributed by atoms with Crippen LogP contribution in [0.3, 0.4) is 0 Å². The van der Waals surface area contributed by atoms with Gasteiger partial charge in [-0.2, -0.15) is 0 Å². The number of hydrogen-bond donors (Lipinski definition) is 1. The zero-order valence-corrected chi connectivity index (χ0v) is 14.0. The molecule has 0 spiro atoms. The first-order chi connectivity index (χ1) is 11.5. The summed E-state index contributed by atoms with van der Waals surface area (Å²) in [4.78, 5) is 24.4. The number of carbonyl (C=O) groups excluding carboxylic acids is 1. The van der Waals surface area contributed by atoms with Gasteiger partial charge in [-0.3, -0.25) is 13.9 Å². The number of para-hydroxylation sites is 2. The average molecular weight is 328 g/mol. The molecule has 2 aromatic heterocycles. The normalized spacial score (nSPS) is 11.1. The summed E-state index contributed by atoms with van der Waals surface area (Å²) < 4.78 is 8.30. The Kier molecular flexibility index (Phi) is 4.24. The van der Waals surface area contributed by atoms with Gasteiger partial charge in [0, 0.05) is 32.1 Å². The smallest absolute Gasteiger partial charge is 0.328 e. The van der Waals surface area contributed by atoms with E-state index in [-0.39, 0.29) is 18.0 Å². The highest BCUT2D eigenvalue weighted by Crippen LogP contribution is 2.13. The van der Waals surface area contributed by atoms with Crippen LogP contribution in [0, 0.1) is 13.8 Å². The minimum Gasteiger partial charge on any atom is -0.361 e. The molecule has 0 aliphatic rings. The lowest BCUT2D eigenvalue weighted by atomic mass is 10.2. The molecule has 7 heteroatoms. The maximum atomic E-state index is 12.3. The van der Waals surface area contributed by atoms with E-state index < -0.39 is 0 Å². The van der Waals surface area contributed by atoms with Crippen molar-refractivity contribution in [3.8, 4) is 0 Å². The van der Waals surface area contributed by atoms with Crippen LogP contribution < -0.4 is 11.0 Å². The first kappa shape index (κ1) is 16.0. The molecule has 0 aliphatic carbocycles. The van der Waals surface area contributed by atoms with Crippen LogP contribution in [0.5, 0.6) is 0 Å². The van der Waals surface area contributed by atoms with E-state index in [0.717, 1.165) is 22.3 Å². The summed E-state index contributed by atoms with van der Waals surface area (Å²) in [7, 11) is 1.73. The highest BCUT2D eigenvalue weighted by molar-refractivity contribution is 5.77. The molecule has 0 fully saturated rings. The van der Waals surface area contributed by atoms with Crippen molar-refractivity contribution in [3.05, 3.63) is 51.8 Å². The van der Waals surface area contributed by atoms with Gasteiger partial charge in [0.25, 0.3) is 0 Å². The standard InChI is InChI=1S/C17H20N4O3/c1-11-13(12(2)24-19-11)10-18-16(22)8-9-21-15-7-5-4-6-14(15)20(3)17(21)23/h4-7H,8-10H2,1-3H3,(H,18,22). The Balaban J connectivity index is 1.67. The summed E-state index contributed by atoms with van der Waals surface area (Å²) in [6, 6.07) is 7.56. The fourth-order valence-corrected chi connectivity index (χ4v) is 2.82. The predicted octanol–water partition coefficient (Wildman–Crippen LogP) is 1.65. The van der Waals surface area contributed by atoms with Crippen molar-refractivity contribution in [2.24, 2.45) is 7.05 Å². The Hall–Kier alpha value is -2.83. The number of fused-ring (bicyclic) bond motifs is 1. The molecule has 2 heterocycles. The van der Waals surface area contributed by atoms with Crippen molar-refractivity contribution < 1.29 is 9.32 Å². The zero-order chi connectivity index (χ0) is 17.3. The van der Waals surface area contributed by atoms with E-state index in [9.17, 15) is 9.59 Å². The van der Waals surface area contributed by atoms with Crippen molar-refractivity contribution in [2.75, 3.05) is 0 Å². The fraction of sp³-hybridized carbons (Fsp3) is 0.353. The molecule has 7 nitrogen and oxygen atoms in total. The summed E-state index contributed by atoms with van der Waals surface area (Å²) >= 11 is 0. The van der Waals surface area contributed by atoms with Gasteiger partial charge in [-0.15, -0.1) is 0 Å². The van der Waals surface area contributed by atoms with Crippen molar-refractivity contribution in [1.29, 1.82) is 0 Å². The van der Waals surface area contributed by atoms with E-state index in [1.54, 1.807) is 16.2 Å². The molecular weight excluding hydrogens is 308 g/mol. The lowest BCUT2D eigenvalue weighted by Gasteiger charge is -2.06. The van der Waals surface area contributed by atoms with Gasteiger partial charge in [0.05, 0.1) is 16.7 Å². The number of imidazole rings is 1. The molecule has 0 atom stereocenters. The van der Waals surface area contributed by atoms with Crippen LogP contribution in [-0.4, -0.2) is 20.2 Å². The molecule has 24 heavy (non-hydrogen) atoms. The predicted molar refractivity (Wildman–Crippen MR) is 89.6 cm³/mol. The highest BCUT2D eigenvalue weighted by Gasteiger charge is 2.13. The Morgan fingerprint density at radius 2 is 1.96 bits per heavy atom. The number of carbonyl (C=O) groups is 1. The van der Waals surface area contributed by atoms with Gasteiger partial charge in [0.2, 0.25) is 5.91 Å². The Bertz CT molecular complexity index is 929. The minimum absolute atomic E-state index is 0.116. The number of aryl methyl sites for hydroxylation is 4. The Morgan fingerprint density at radius 3 is 2.62 bits per heavy atom. The molecule has 0 aliphatic heterocycles. The van der Waals surface area contributed by atoms with Crippen LogP contribution in [-0.2, 0) is 24.9 Å². The van der Waals surface area contributed by atoms with Crippen LogP contribution in [0.2, 0.25) is 0 Å². The fourth-order valence-electron chi connectivity index (χ4n) is 2.82. The maximum Gasteiger partial charge on any atom is 0.328 e. The van der Waals surface area contributed by atoms with Gasteiger partial charge in [-0.1, -0.05) is 17.3 Å². The van der Waals surface area contributed by atoms with E-state index in [1.807, 2.05) is 38.1 Å². The van der Waals surface area contributed by atoms with Gasteiger partial charge in [0.1, 0.15) is 5.76 Å². The average Bonchev–Trinajstić information content (AvgIpc) is 3.02. The highest BCUT2D eigenvalue weighted by atomic mass is 16.5. The summed E-state index contributed by atoms with van der Waals surface area (Å²) in [5.74, 6) is 0.591. The van der Waals surface area contributed by atoms with E-state index in [1.165, 1.54) is 0 Å². The van der Waals surface area contributed by atoms with Crippen LogP contribution in [0.15, 0.2) is 33.6 Å². The van der Waals surface area contributed by atoms with Crippen molar-refractivity contribution >= 4 is 16.9 Å². The van der Waals surface area contributed by atoms with Gasteiger partial charge in [-0.25, -0.2) is 4.79 Å². The van der Waals surface area contributed by atoms with Crippen molar-refractivity contribution in [2.45, 2.75) is 33.4 Å². The first-order valence-corrected chi connectivity index (χ1v) is 7.81. The van der Waals surface area contributed by atoms with Crippen LogP contribution in [0.1, 0.15) is 23.4 Å². The topological polar surface area (TPSA) is 82.1 Å². The molecule has 1 aromatic carbocycles. The molecule has 126 valence electrons. The van der Waals surface area contributed by atoms with Crippen LogP contribution in [0.25, 0.3) is 11.0 Å². The van der Waals surface area contributed by atoms with E-state index in [0.29, 0.717) is 18.8 Å². The van der Waals surface area contributed by atoms with Gasteiger partial charge >= 0.3 is 5.69 Å². The van der Waals surface area contributed by atoms with Gasteiger partial charge < -0.3 is 9.84 Å². The second-order valence-corrected chi connectivity index (χ2v) is 5.81. The molecule has 0 saturated heterocycles. The number of nitrogens with zero attached hydrogens (tertiary/aromatic N) is 3. The zero-order valence-electron chi connectivity index (χ0n) is 14.0. The van der Waals surface area contributed by atoms with Crippen LogP contribution in [0.4, 0.5) is 0 Å². The number of aromatic nitrogens is 3. The molecule has 1 amide bonds. The largest absolute Gasteiger partial charge is 0.361 e.